The number of hydrogen-bond donors (Lipinski definition) is 1. The Morgan fingerprint density at radius 1 is 1.14 bits per heavy atom. The number of aryl methyl sites for hydroxylation is 1. The van der Waals surface area contributed by atoms with Crippen molar-refractivity contribution in [2.24, 2.45) is 0 Å². The van der Waals surface area contributed by atoms with Gasteiger partial charge in [0.25, 0.3) is 5.91 Å². The zero-order chi connectivity index (χ0) is 21.4. The number of carbonyl (C=O) groups excluding carboxylic acids is 2. The fraction of sp³-hybridized carbons (Fsp3) is 0.391. The Bertz CT molecular complexity index is 823. The first-order valence-electron chi connectivity index (χ1n) is 9.84. The first kappa shape index (κ1) is 22.4. The molecule has 2 aromatic carbocycles. The van der Waals surface area contributed by atoms with E-state index in [1.165, 1.54) is 17.0 Å². The van der Waals surface area contributed by atoms with Crippen LogP contribution in [0.4, 0.5) is 4.39 Å². The number of rotatable bonds is 9. The van der Waals surface area contributed by atoms with Crippen LogP contribution in [-0.2, 0) is 16.1 Å². The Hall–Kier alpha value is -2.89. The third kappa shape index (κ3) is 6.89. The molecule has 2 rings (SSSR count). The van der Waals surface area contributed by atoms with Crippen LogP contribution in [0.3, 0.4) is 0 Å². The topological polar surface area (TPSA) is 58.6 Å². The maximum Gasteiger partial charge on any atom is 0.261 e. The average Bonchev–Trinajstić information content (AvgIpc) is 2.71. The summed E-state index contributed by atoms with van der Waals surface area (Å²) in [7, 11) is 0. The maximum absolute atomic E-state index is 13.2. The van der Waals surface area contributed by atoms with Gasteiger partial charge in [-0.25, -0.2) is 4.39 Å². The van der Waals surface area contributed by atoms with Gasteiger partial charge in [0.05, 0.1) is 0 Å². The molecular weight excluding hydrogens is 371 g/mol. The molecule has 0 saturated heterocycles. The lowest BCUT2D eigenvalue weighted by atomic mass is 10.1. The molecule has 0 unspecified atom stereocenters. The molecule has 0 aliphatic rings. The Morgan fingerprint density at radius 2 is 1.83 bits per heavy atom. The van der Waals surface area contributed by atoms with E-state index in [0.29, 0.717) is 5.75 Å². The number of halogens is 1. The van der Waals surface area contributed by atoms with Gasteiger partial charge in [0.15, 0.2) is 6.61 Å². The van der Waals surface area contributed by atoms with Crippen molar-refractivity contribution in [2.75, 3.05) is 6.61 Å². The molecule has 6 heteroatoms. The largest absolute Gasteiger partial charge is 0.484 e. The standard InChI is InChI=1S/C23H29FN2O3/c1-5-17(3)25-23(28)18(4)26(14-19-9-11-20(24)12-10-19)22(27)15-29-21-8-6-7-16(2)13-21/h6-13,17-18H,5,14-15H2,1-4H3,(H,25,28)/t17-,18+/m1/s1. The summed E-state index contributed by atoms with van der Waals surface area (Å²) in [6.45, 7) is 7.52. The Morgan fingerprint density at radius 3 is 2.45 bits per heavy atom. The molecule has 5 nitrogen and oxygen atoms in total. The van der Waals surface area contributed by atoms with Crippen LogP contribution in [0, 0.1) is 12.7 Å². The van der Waals surface area contributed by atoms with Crippen molar-refractivity contribution in [3.8, 4) is 5.75 Å². The van der Waals surface area contributed by atoms with Crippen LogP contribution in [0.2, 0.25) is 0 Å². The van der Waals surface area contributed by atoms with Crippen LogP contribution in [0.1, 0.15) is 38.3 Å². The summed E-state index contributed by atoms with van der Waals surface area (Å²) in [6.07, 6.45) is 0.792. The van der Waals surface area contributed by atoms with Crippen molar-refractivity contribution in [3.63, 3.8) is 0 Å². The molecule has 0 aliphatic heterocycles. The van der Waals surface area contributed by atoms with Crippen LogP contribution in [0.25, 0.3) is 0 Å². The van der Waals surface area contributed by atoms with Crippen LogP contribution >= 0.6 is 0 Å². The second-order valence-corrected chi connectivity index (χ2v) is 7.25. The molecule has 2 amide bonds. The zero-order valence-electron chi connectivity index (χ0n) is 17.4. The van der Waals surface area contributed by atoms with Crippen molar-refractivity contribution in [3.05, 3.63) is 65.5 Å². The van der Waals surface area contributed by atoms with E-state index in [9.17, 15) is 14.0 Å². The first-order valence-corrected chi connectivity index (χ1v) is 9.84. The minimum absolute atomic E-state index is 0.0104. The van der Waals surface area contributed by atoms with Crippen LogP contribution in [0.5, 0.6) is 5.75 Å². The van der Waals surface area contributed by atoms with Crippen molar-refractivity contribution in [1.82, 2.24) is 10.2 Å². The van der Waals surface area contributed by atoms with Gasteiger partial charge >= 0.3 is 0 Å². The van der Waals surface area contributed by atoms with E-state index >= 15 is 0 Å². The van der Waals surface area contributed by atoms with E-state index in [0.717, 1.165) is 17.5 Å². The lowest BCUT2D eigenvalue weighted by Crippen LogP contribution is -2.50. The maximum atomic E-state index is 13.2. The molecule has 156 valence electrons. The zero-order valence-corrected chi connectivity index (χ0v) is 17.4. The normalized spacial score (nSPS) is 12.7. The molecule has 0 bridgehead atoms. The third-order valence-electron chi connectivity index (χ3n) is 4.79. The second kappa shape index (κ2) is 10.6. The number of benzene rings is 2. The Balaban J connectivity index is 2.14. The van der Waals surface area contributed by atoms with Gasteiger partial charge in [-0.05, 0) is 62.6 Å². The first-order chi connectivity index (χ1) is 13.8. The summed E-state index contributed by atoms with van der Waals surface area (Å²) >= 11 is 0. The van der Waals surface area contributed by atoms with Gasteiger partial charge in [0, 0.05) is 12.6 Å². The van der Waals surface area contributed by atoms with E-state index < -0.39 is 6.04 Å². The quantitative estimate of drug-likeness (QED) is 0.696. The third-order valence-corrected chi connectivity index (χ3v) is 4.79. The van der Waals surface area contributed by atoms with E-state index in [-0.39, 0.29) is 36.8 Å². The average molecular weight is 400 g/mol. The van der Waals surface area contributed by atoms with Gasteiger partial charge in [-0.1, -0.05) is 31.2 Å². The van der Waals surface area contributed by atoms with Gasteiger partial charge < -0.3 is 15.0 Å². The van der Waals surface area contributed by atoms with Crippen LogP contribution < -0.4 is 10.1 Å². The van der Waals surface area contributed by atoms with Crippen molar-refractivity contribution in [1.29, 1.82) is 0 Å². The number of carbonyl (C=O) groups is 2. The summed E-state index contributed by atoms with van der Waals surface area (Å²) in [4.78, 5) is 27.0. The van der Waals surface area contributed by atoms with Gasteiger partial charge in [-0.3, -0.25) is 9.59 Å². The second-order valence-electron chi connectivity index (χ2n) is 7.25. The molecule has 0 radical (unpaired) electrons. The summed E-state index contributed by atoms with van der Waals surface area (Å²) in [5.74, 6) is -0.304. The SMILES string of the molecule is CC[C@@H](C)NC(=O)[C@H](C)N(Cc1ccc(F)cc1)C(=O)COc1cccc(C)c1. The molecule has 0 heterocycles. The number of nitrogens with one attached hydrogen (secondary N) is 1. The number of ether oxygens (including phenoxy) is 1. The predicted molar refractivity (Wildman–Crippen MR) is 111 cm³/mol. The Labute approximate surface area is 171 Å². The summed E-state index contributed by atoms with van der Waals surface area (Å²) in [5.41, 5.74) is 1.76. The molecule has 0 saturated carbocycles. The van der Waals surface area contributed by atoms with Crippen LogP contribution in [0.15, 0.2) is 48.5 Å². The monoisotopic (exact) mass is 400 g/mol. The molecule has 29 heavy (non-hydrogen) atoms. The highest BCUT2D eigenvalue weighted by atomic mass is 19.1. The van der Waals surface area contributed by atoms with E-state index in [1.54, 1.807) is 25.1 Å². The lowest BCUT2D eigenvalue weighted by Gasteiger charge is -2.29. The minimum Gasteiger partial charge on any atom is -0.484 e. The van der Waals surface area contributed by atoms with Gasteiger partial charge in [0.2, 0.25) is 5.91 Å². The number of nitrogens with zero attached hydrogens (tertiary/aromatic N) is 1. The minimum atomic E-state index is -0.692. The highest BCUT2D eigenvalue weighted by Gasteiger charge is 2.27. The molecule has 0 spiro atoms. The molecule has 0 fully saturated rings. The van der Waals surface area contributed by atoms with Crippen LogP contribution in [-0.4, -0.2) is 35.4 Å². The Kier molecular flexibility index (Phi) is 8.19. The lowest BCUT2D eigenvalue weighted by molar-refractivity contribution is -0.142. The van der Waals surface area contributed by atoms with E-state index in [2.05, 4.69) is 5.32 Å². The van der Waals surface area contributed by atoms with Crippen molar-refractivity contribution < 1.29 is 18.7 Å². The summed E-state index contributed by atoms with van der Waals surface area (Å²) < 4.78 is 18.9. The highest BCUT2D eigenvalue weighted by Crippen LogP contribution is 2.15. The summed E-state index contributed by atoms with van der Waals surface area (Å²) in [5, 5.41) is 2.91. The molecule has 2 atom stereocenters. The van der Waals surface area contributed by atoms with Gasteiger partial charge in [-0.15, -0.1) is 0 Å². The number of hydrogen-bond acceptors (Lipinski definition) is 3. The van der Waals surface area contributed by atoms with E-state index in [1.807, 2.05) is 39.0 Å². The predicted octanol–water partition coefficient (Wildman–Crippen LogP) is 3.84. The van der Waals surface area contributed by atoms with Gasteiger partial charge in [0.1, 0.15) is 17.6 Å². The molecular formula is C23H29FN2O3. The smallest absolute Gasteiger partial charge is 0.261 e. The fourth-order valence-corrected chi connectivity index (χ4v) is 2.77. The van der Waals surface area contributed by atoms with Gasteiger partial charge in [-0.2, -0.15) is 0 Å². The van der Waals surface area contributed by atoms with E-state index in [4.69, 9.17) is 4.74 Å². The number of amides is 2. The van der Waals surface area contributed by atoms with Crippen molar-refractivity contribution in [2.45, 2.75) is 52.7 Å². The fourth-order valence-electron chi connectivity index (χ4n) is 2.77. The molecule has 0 aromatic heterocycles. The molecule has 0 aliphatic carbocycles. The molecule has 2 aromatic rings. The van der Waals surface area contributed by atoms with Crippen molar-refractivity contribution >= 4 is 11.8 Å². The summed E-state index contributed by atoms with van der Waals surface area (Å²) in [6, 6.07) is 12.6. The molecule has 1 N–H and O–H groups in total. The highest BCUT2D eigenvalue weighted by molar-refractivity contribution is 5.88.